The van der Waals surface area contributed by atoms with Crippen LogP contribution < -0.4 is 5.73 Å². The molecular weight excluding hydrogens is 162 g/mol. The van der Waals surface area contributed by atoms with E-state index in [2.05, 4.69) is 6.07 Å². The number of anilines is 1. The Kier molecular flexibility index (Phi) is 2.23. The second-order valence-corrected chi connectivity index (χ2v) is 3.62. The Morgan fingerprint density at radius 2 is 2.23 bits per heavy atom. The zero-order valence-corrected chi connectivity index (χ0v) is 7.92. The first-order valence-electron chi connectivity index (χ1n) is 4.69. The lowest BCUT2D eigenvalue weighted by Gasteiger charge is -2.10. The van der Waals surface area contributed by atoms with Crippen LogP contribution in [0.4, 0.5) is 5.69 Å². The lowest BCUT2D eigenvalue weighted by molar-refractivity contribution is 0.184. The van der Waals surface area contributed by atoms with Crippen LogP contribution in [0.15, 0.2) is 18.2 Å². The first-order valence-corrected chi connectivity index (χ1v) is 4.69. The van der Waals surface area contributed by atoms with Crippen LogP contribution in [0, 0.1) is 0 Å². The van der Waals surface area contributed by atoms with E-state index in [1.54, 1.807) is 7.11 Å². The summed E-state index contributed by atoms with van der Waals surface area (Å²) in [4.78, 5) is 0. The van der Waals surface area contributed by atoms with Crippen LogP contribution in [0.5, 0.6) is 0 Å². The summed E-state index contributed by atoms with van der Waals surface area (Å²) < 4.78 is 5.15. The monoisotopic (exact) mass is 177 g/mol. The van der Waals surface area contributed by atoms with Crippen molar-refractivity contribution in [1.82, 2.24) is 0 Å². The van der Waals surface area contributed by atoms with Crippen molar-refractivity contribution < 1.29 is 4.74 Å². The Hall–Kier alpha value is -1.02. The quantitative estimate of drug-likeness (QED) is 0.719. The van der Waals surface area contributed by atoms with E-state index in [9.17, 15) is 0 Å². The van der Waals surface area contributed by atoms with Crippen molar-refractivity contribution in [2.24, 2.45) is 0 Å². The number of nitrogen functional groups attached to an aromatic ring is 1. The summed E-state index contributed by atoms with van der Waals surface area (Å²) in [6, 6.07) is 6.14. The predicted octanol–water partition coefficient (Wildman–Crippen LogP) is 2.29. The number of methoxy groups -OCH3 is 1. The van der Waals surface area contributed by atoms with Crippen molar-refractivity contribution >= 4 is 5.69 Å². The molecule has 0 unspecified atom stereocenters. The molecule has 0 amide bonds. The van der Waals surface area contributed by atoms with Gasteiger partial charge in [0, 0.05) is 18.4 Å². The van der Waals surface area contributed by atoms with E-state index in [-0.39, 0.29) is 0 Å². The smallest absolute Gasteiger partial charge is 0.0735 e. The van der Waals surface area contributed by atoms with Crippen LogP contribution in [0.25, 0.3) is 0 Å². The molecule has 0 aliphatic heterocycles. The lowest BCUT2D eigenvalue weighted by Crippen LogP contribution is -2.00. The van der Waals surface area contributed by atoms with Crippen LogP contribution in [0.1, 0.15) is 29.9 Å². The fourth-order valence-corrected chi connectivity index (χ4v) is 1.71. The van der Waals surface area contributed by atoms with Gasteiger partial charge in [-0.3, -0.25) is 0 Å². The molecule has 2 N–H and O–H groups in total. The van der Waals surface area contributed by atoms with E-state index in [1.807, 2.05) is 12.1 Å². The minimum atomic E-state index is 0.637. The molecule has 0 heterocycles. The summed E-state index contributed by atoms with van der Waals surface area (Å²) in [5.74, 6) is 0.744. The van der Waals surface area contributed by atoms with Gasteiger partial charge in [0.25, 0.3) is 0 Å². The predicted molar refractivity (Wildman–Crippen MR) is 53.5 cm³/mol. The number of ether oxygens (including phenoxy) is 1. The molecule has 2 rings (SSSR count). The van der Waals surface area contributed by atoms with Crippen LogP contribution >= 0.6 is 0 Å². The molecule has 0 radical (unpaired) electrons. The maximum atomic E-state index is 5.89. The molecular formula is C11H15NO. The van der Waals surface area contributed by atoms with Gasteiger partial charge >= 0.3 is 0 Å². The molecule has 0 atom stereocenters. The summed E-state index contributed by atoms with van der Waals surface area (Å²) in [7, 11) is 1.71. The molecule has 1 aliphatic carbocycles. The standard InChI is InChI=1S/C11H15NO/c1-13-7-10-9(8-5-6-8)3-2-4-11(10)12/h2-4,8H,5-7,12H2,1H3. The van der Waals surface area contributed by atoms with E-state index >= 15 is 0 Å². The van der Waals surface area contributed by atoms with Gasteiger partial charge in [0.15, 0.2) is 0 Å². The van der Waals surface area contributed by atoms with Gasteiger partial charge in [-0.05, 0) is 30.4 Å². The Bertz CT molecular complexity index is 305. The molecule has 1 aromatic carbocycles. The molecule has 1 saturated carbocycles. The van der Waals surface area contributed by atoms with Crippen LogP contribution in [0.2, 0.25) is 0 Å². The van der Waals surface area contributed by atoms with Crippen molar-refractivity contribution in [3.05, 3.63) is 29.3 Å². The lowest BCUT2D eigenvalue weighted by atomic mass is 10.0. The molecule has 70 valence electrons. The highest BCUT2D eigenvalue weighted by Gasteiger charge is 2.26. The third kappa shape index (κ3) is 1.68. The van der Waals surface area contributed by atoms with Gasteiger partial charge in [-0.1, -0.05) is 12.1 Å². The van der Waals surface area contributed by atoms with Crippen LogP contribution in [-0.4, -0.2) is 7.11 Å². The summed E-state index contributed by atoms with van der Waals surface area (Å²) in [5.41, 5.74) is 9.34. The van der Waals surface area contributed by atoms with E-state index in [1.165, 1.54) is 24.0 Å². The second kappa shape index (κ2) is 3.38. The van der Waals surface area contributed by atoms with Gasteiger partial charge in [-0.15, -0.1) is 0 Å². The average molecular weight is 177 g/mol. The maximum absolute atomic E-state index is 5.89. The summed E-state index contributed by atoms with van der Waals surface area (Å²) in [6.45, 7) is 0.637. The highest BCUT2D eigenvalue weighted by molar-refractivity contribution is 5.52. The summed E-state index contributed by atoms with van der Waals surface area (Å²) in [6.07, 6.45) is 2.61. The highest BCUT2D eigenvalue weighted by Crippen LogP contribution is 2.42. The molecule has 2 heteroatoms. The van der Waals surface area contributed by atoms with Crippen molar-refractivity contribution in [1.29, 1.82) is 0 Å². The maximum Gasteiger partial charge on any atom is 0.0735 e. The number of benzene rings is 1. The van der Waals surface area contributed by atoms with Crippen molar-refractivity contribution in [3.8, 4) is 0 Å². The number of hydrogen-bond donors (Lipinski definition) is 1. The van der Waals surface area contributed by atoms with Gasteiger partial charge in [0.1, 0.15) is 0 Å². The molecule has 13 heavy (non-hydrogen) atoms. The molecule has 1 fully saturated rings. The van der Waals surface area contributed by atoms with E-state index in [0.29, 0.717) is 6.61 Å². The molecule has 2 nitrogen and oxygen atoms in total. The first kappa shape index (κ1) is 8.57. The minimum absolute atomic E-state index is 0.637. The third-order valence-corrected chi connectivity index (χ3v) is 2.55. The fourth-order valence-electron chi connectivity index (χ4n) is 1.71. The van der Waals surface area contributed by atoms with Gasteiger partial charge in [0.05, 0.1) is 6.61 Å². The van der Waals surface area contributed by atoms with E-state index in [4.69, 9.17) is 10.5 Å². The number of hydrogen-bond acceptors (Lipinski definition) is 2. The van der Waals surface area contributed by atoms with Crippen LogP contribution in [0.3, 0.4) is 0 Å². The average Bonchev–Trinajstić information content (AvgIpc) is 2.92. The van der Waals surface area contributed by atoms with Crippen LogP contribution in [-0.2, 0) is 11.3 Å². The second-order valence-electron chi connectivity index (χ2n) is 3.62. The van der Waals surface area contributed by atoms with E-state index in [0.717, 1.165) is 11.6 Å². The zero-order chi connectivity index (χ0) is 9.26. The number of nitrogens with two attached hydrogens (primary N) is 1. The van der Waals surface area contributed by atoms with E-state index < -0.39 is 0 Å². The molecule has 1 aromatic rings. The Morgan fingerprint density at radius 1 is 1.46 bits per heavy atom. The van der Waals surface area contributed by atoms with Gasteiger partial charge < -0.3 is 10.5 Å². The third-order valence-electron chi connectivity index (χ3n) is 2.55. The molecule has 0 bridgehead atoms. The zero-order valence-electron chi connectivity index (χ0n) is 7.92. The summed E-state index contributed by atoms with van der Waals surface area (Å²) in [5, 5.41) is 0. The minimum Gasteiger partial charge on any atom is -0.398 e. The largest absolute Gasteiger partial charge is 0.398 e. The topological polar surface area (TPSA) is 35.2 Å². The Labute approximate surface area is 78.7 Å². The fraction of sp³-hybridized carbons (Fsp3) is 0.455. The normalized spacial score (nSPS) is 16.1. The first-order chi connectivity index (χ1) is 6.33. The van der Waals surface area contributed by atoms with Gasteiger partial charge in [0.2, 0.25) is 0 Å². The van der Waals surface area contributed by atoms with Gasteiger partial charge in [-0.2, -0.15) is 0 Å². The molecule has 1 aliphatic rings. The molecule has 0 saturated heterocycles. The highest BCUT2D eigenvalue weighted by atomic mass is 16.5. The van der Waals surface area contributed by atoms with Gasteiger partial charge in [-0.25, -0.2) is 0 Å². The SMILES string of the molecule is COCc1c(N)cccc1C1CC1. The van der Waals surface area contributed by atoms with Crippen molar-refractivity contribution in [3.63, 3.8) is 0 Å². The molecule has 0 aromatic heterocycles. The Morgan fingerprint density at radius 3 is 2.85 bits per heavy atom. The van der Waals surface area contributed by atoms with Crippen molar-refractivity contribution in [2.75, 3.05) is 12.8 Å². The Balaban J connectivity index is 2.35. The molecule has 0 spiro atoms. The number of rotatable bonds is 3. The summed E-state index contributed by atoms with van der Waals surface area (Å²) >= 11 is 0. The van der Waals surface area contributed by atoms with Crippen molar-refractivity contribution in [2.45, 2.75) is 25.4 Å².